The van der Waals surface area contributed by atoms with Gasteiger partial charge < -0.3 is 9.52 Å². The Kier molecular flexibility index (Phi) is 2.24. The Morgan fingerprint density at radius 3 is 2.50 bits per heavy atom. The Labute approximate surface area is 89.3 Å². The first-order valence-electron chi connectivity index (χ1n) is 4.60. The first-order chi connectivity index (χ1) is 7.34. The van der Waals surface area contributed by atoms with E-state index >= 15 is 0 Å². The summed E-state index contributed by atoms with van der Waals surface area (Å²) in [5, 5.41) is 9.84. The number of aliphatic hydroxyl groups is 1. The van der Waals surface area contributed by atoms with Gasteiger partial charge in [-0.05, 0) is 19.1 Å². The highest BCUT2D eigenvalue weighted by molar-refractivity contribution is 5.81. The molecule has 0 saturated heterocycles. The van der Waals surface area contributed by atoms with Crippen LogP contribution < -0.4 is 0 Å². The van der Waals surface area contributed by atoms with Crippen molar-refractivity contribution in [2.75, 3.05) is 0 Å². The predicted molar refractivity (Wildman–Crippen MR) is 51.8 cm³/mol. The van der Waals surface area contributed by atoms with Crippen molar-refractivity contribution in [3.63, 3.8) is 0 Å². The number of hydrogen-bond donors (Lipinski definition) is 1. The van der Waals surface area contributed by atoms with Gasteiger partial charge in [0, 0.05) is 10.9 Å². The van der Waals surface area contributed by atoms with Crippen LogP contribution in [-0.2, 0) is 5.60 Å². The average Bonchev–Trinajstić information content (AvgIpc) is 2.62. The molecule has 16 heavy (non-hydrogen) atoms. The number of alkyl halides is 3. The van der Waals surface area contributed by atoms with Gasteiger partial charge in [-0.2, -0.15) is 13.2 Å². The topological polar surface area (TPSA) is 33.4 Å². The molecule has 1 N–H and O–H groups in total. The Bertz CT molecular complexity index is 511. The molecular weight excluding hydrogens is 221 g/mol. The van der Waals surface area contributed by atoms with Crippen molar-refractivity contribution in [3.8, 4) is 0 Å². The lowest BCUT2D eigenvalue weighted by atomic mass is 9.92. The zero-order chi connectivity index (χ0) is 12.0. The number of hydrogen-bond acceptors (Lipinski definition) is 2. The van der Waals surface area contributed by atoms with Crippen LogP contribution in [0.15, 0.2) is 34.9 Å². The summed E-state index contributed by atoms with van der Waals surface area (Å²) in [6, 6.07) is 5.61. The van der Waals surface area contributed by atoms with Crippen LogP contribution in [0.4, 0.5) is 13.2 Å². The molecule has 0 spiro atoms. The maximum absolute atomic E-state index is 12.7. The number of halogens is 3. The van der Waals surface area contributed by atoms with Crippen LogP contribution in [0.5, 0.6) is 0 Å². The molecule has 0 radical (unpaired) electrons. The van der Waals surface area contributed by atoms with E-state index in [0.29, 0.717) is 5.58 Å². The molecule has 5 heteroatoms. The molecule has 0 bridgehead atoms. The van der Waals surface area contributed by atoms with E-state index in [9.17, 15) is 18.3 Å². The normalized spacial score (nSPS) is 16.3. The first-order valence-corrected chi connectivity index (χ1v) is 4.60. The molecule has 0 amide bonds. The van der Waals surface area contributed by atoms with E-state index in [1.54, 1.807) is 6.07 Å². The Morgan fingerprint density at radius 1 is 1.19 bits per heavy atom. The molecule has 86 valence electrons. The Morgan fingerprint density at radius 2 is 1.88 bits per heavy atom. The van der Waals surface area contributed by atoms with Crippen LogP contribution in [0.3, 0.4) is 0 Å². The highest BCUT2D eigenvalue weighted by Gasteiger charge is 2.51. The van der Waals surface area contributed by atoms with E-state index in [1.807, 2.05) is 0 Å². The van der Waals surface area contributed by atoms with E-state index in [1.165, 1.54) is 24.5 Å². The quantitative estimate of drug-likeness (QED) is 0.816. The summed E-state index contributed by atoms with van der Waals surface area (Å²) in [5.74, 6) is 0. The second kappa shape index (κ2) is 3.25. The molecule has 0 aliphatic carbocycles. The molecule has 2 rings (SSSR count). The molecule has 0 saturated carbocycles. The molecular formula is C11H9F3O2. The molecule has 0 fully saturated rings. The van der Waals surface area contributed by atoms with Crippen molar-refractivity contribution < 1.29 is 22.7 Å². The second-order valence-electron chi connectivity index (χ2n) is 3.71. The number of benzene rings is 1. The monoisotopic (exact) mass is 230 g/mol. The van der Waals surface area contributed by atoms with Crippen LogP contribution in [0.25, 0.3) is 11.0 Å². The van der Waals surface area contributed by atoms with E-state index in [-0.39, 0.29) is 10.9 Å². The van der Waals surface area contributed by atoms with Gasteiger partial charge in [0.25, 0.3) is 0 Å². The van der Waals surface area contributed by atoms with Gasteiger partial charge in [0.2, 0.25) is 0 Å². The summed E-state index contributed by atoms with van der Waals surface area (Å²) in [5.41, 5.74) is -2.76. The minimum absolute atomic E-state index is 0.203. The van der Waals surface area contributed by atoms with E-state index in [2.05, 4.69) is 0 Å². The molecule has 1 aromatic heterocycles. The minimum Gasteiger partial charge on any atom is -0.464 e. The van der Waals surface area contributed by atoms with Crippen LogP contribution in [-0.4, -0.2) is 11.3 Å². The maximum Gasteiger partial charge on any atom is 0.421 e. The lowest BCUT2D eigenvalue weighted by molar-refractivity contribution is -0.258. The fourth-order valence-corrected chi connectivity index (χ4v) is 1.57. The summed E-state index contributed by atoms with van der Waals surface area (Å²) in [7, 11) is 0. The summed E-state index contributed by atoms with van der Waals surface area (Å²) >= 11 is 0. The zero-order valence-electron chi connectivity index (χ0n) is 8.38. The fourth-order valence-electron chi connectivity index (χ4n) is 1.57. The second-order valence-corrected chi connectivity index (χ2v) is 3.71. The van der Waals surface area contributed by atoms with Crippen molar-refractivity contribution in [3.05, 3.63) is 36.1 Å². The summed E-state index contributed by atoms with van der Waals surface area (Å²) in [6.45, 7) is 0.731. The summed E-state index contributed by atoms with van der Waals surface area (Å²) < 4.78 is 43.0. The van der Waals surface area contributed by atoms with Crippen molar-refractivity contribution in [2.24, 2.45) is 0 Å². The van der Waals surface area contributed by atoms with Crippen LogP contribution in [0, 0.1) is 0 Å². The standard InChI is InChI=1S/C11H9F3O2/c1-10(15,11(12,13)14)8-3-2-4-9-7(8)5-6-16-9/h2-6,15H,1H3. The Hall–Kier alpha value is -1.49. The molecule has 2 aromatic rings. The van der Waals surface area contributed by atoms with Gasteiger partial charge in [0.05, 0.1) is 6.26 Å². The first kappa shape index (κ1) is 11.0. The number of fused-ring (bicyclic) bond motifs is 1. The summed E-state index contributed by atoms with van der Waals surface area (Å²) in [6.07, 6.45) is -3.43. The van der Waals surface area contributed by atoms with Gasteiger partial charge >= 0.3 is 6.18 Å². The third kappa shape index (κ3) is 1.48. The van der Waals surface area contributed by atoms with Crippen molar-refractivity contribution in [1.29, 1.82) is 0 Å². The van der Waals surface area contributed by atoms with Gasteiger partial charge in [-0.25, -0.2) is 0 Å². The lowest BCUT2D eigenvalue weighted by Gasteiger charge is -2.27. The third-order valence-corrected chi connectivity index (χ3v) is 2.57. The predicted octanol–water partition coefficient (Wildman–Crippen LogP) is 3.20. The molecule has 1 aromatic carbocycles. The van der Waals surface area contributed by atoms with Gasteiger partial charge in [-0.1, -0.05) is 12.1 Å². The van der Waals surface area contributed by atoms with Crippen molar-refractivity contribution >= 4 is 11.0 Å². The molecule has 1 atom stereocenters. The van der Waals surface area contributed by atoms with Gasteiger partial charge in [-0.15, -0.1) is 0 Å². The van der Waals surface area contributed by atoms with Crippen molar-refractivity contribution in [2.45, 2.75) is 18.7 Å². The van der Waals surface area contributed by atoms with Gasteiger partial charge in [0.1, 0.15) is 5.58 Å². The zero-order valence-corrected chi connectivity index (χ0v) is 8.38. The Balaban J connectivity index is 2.68. The molecule has 0 aliphatic rings. The van der Waals surface area contributed by atoms with E-state index < -0.39 is 11.8 Å². The van der Waals surface area contributed by atoms with E-state index in [4.69, 9.17) is 4.42 Å². The highest BCUT2D eigenvalue weighted by Crippen LogP contribution is 2.41. The lowest BCUT2D eigenvalue weighted by Crippen LogP contribution is -2.39. The third-order valence-electron chi connectivity index (χ3n) is 2.57. The van der Waals surface area contributed by atoms with E-state index in [0.717, 1.165) is 6.92 Å². The van der Waals surface area contributed by atoms with Crippen LogP contribution in [0.2, 0.25) is 0 Å². The number of rotatable bonds is 1. The maximum atomic E-state index is 12.7. The minimum atomic E-state index is -4.72. The van der Waals surface area contributed by atoms with Crippen LogP contribution >= 0.6 is 0 Å². The molecule has 1 unspecified atom stereocenters. The number of furan rings is 1. The highest BCUT2D eigenvalue weighted by atomic mass is 19.4. The molecule has 0 aliphatic heterocycles. The largest absolute Gasteiger partial charge is 0.464 e. The molecule has 1 heterocycles. The smallest absolute Gasteiger partial charge is 0.421 e. The fraction of sp³-hybridized carbons (Fsp3) is 0.273. The van der Waals surface area contributed by atoms with Crippen LogP contribution in [0.1, 0.15) is 12.5 Å². The van der Waals surface area contributed by atoms with Crippen molar-refractivity contribution in [1.82, 2.24) is 0 Å². The molecule has 2 nitrogen and oxygen atoms in total. The van der Waals surface area contributed by atoms with Gasteiger partial charge in [0.15, 0.2) is 5.60 Å². The summed E-state index contributed by atoms with van der Waals surface area (Å²) in [4.78, 5) is 0. The average molecular weight is 230 g/mol. The SMILES string of the molecule is CC(O)(c1cccc2occc12)C(F)(F)F. The van der Waals surface area contributed by atoms with Gasteiger partial charge in [-0.3, -0.25) is 0 Å².